The van der Waals surface area contributed by atoms with Gasteiger partial charge in [-0.3, -0.25) is 4.79 Å². The molecule has 0 unspecified atom stereocenters. The Morgan fingerprint density at radius 2 is 1.92 bits per heavy atom. The third-order valence-corrected chi connectivity index (χ3v) is 1.34. The number of carbonyl (C=O) groups excluding carboxylic acids is 1. The van der Waals surface area contributed by atoms with Crippen molar-refractivity contribution in [2.75, 3.05) is 6.61 Å². The summed E-state index contributed by atoms with van der Waals surface area (Å²) in [5.74, 6) is -2.40. The first-order valence-electron chi connectivity index (χ1n) is 3.67. The van der Waals surface area contributed by atoms with Crippen molar-refractivity contribution in [3.05, 3.63) is 29.8 Å². The normalized spacial score (nSPS) is 9.77. The fourth-order valence-electron chi connectivity index (χ4n) is 0.794. The molecule has 1 rings (SSSR count). The van der Waals surface area contributed by atoms with E-state index in [1.54, 1.807) is 0 Å². The van der Waals surface area contributed by atoms with Crippen molar-refractivity contribution in [2.24, 2.45) is 0 Å². The van der Waals surface area contributed by atoms with Gasteiger partial charge in [-0.25, -0.2) is 8.78 Å². The molecule has 0 atom stereocenters. The van der Waals surface area contributed by atoms with Gasteiger partial charge in [-0.2, -0.15) is 0 Å². The maximum atomic E-state index is 12.8. The van der Waals surface area contributed by atoms with Crippen LogP contribution in [0.15, 0.2) is 18.2 Å². The molecule has 70 valence electrons. The highest BCUT2D eigenvalue weighted by molar-refractivity contribution is 5.77. The Kier molecular flexibility index (Phi) is 2.95. The molecule has 0 N–H and O–H groups in total. The molecule has 0 aliphatic rings. The van der Waals surface area contributed by atoms with Crippen LogP contribution in [0.5, 0.6) is 5.75 Å². The van der Waals surface area contributed by atoms with Crippen LogP contribution in [-0.4, -0.2) is 12.4 Å². The van der Waals surface area contributed by atoms with Gasteiger partial charge >= 0.3 is 0 Å². The maximum absolute atomic E-state index is 12.8. The molecule has 0 aliphatic carbocycles. The van der Waals surface area contributed by atoms with Crippen LogP contribution in [0.1, 0.15) is 6.92 Å². The number of hydrogen-bond acceptors (Lipinski definition) is 2. The lowest BCUT2D eigenvalue weighted by atomic mass is 10.3. The largest absolute Gasteiger partial charge is 0.480 e. The number of ketones is 1. The Labute approximate surface area is 74.1 Å². The van der Waals surface area contributed by atoms with Crippen molar-refractivity contribution in [3.8, 4) is 5.75 Å². The zero-order chi connectivity index (χ0) is 9.84. The predicted octanol–water partition coefficient (Wildman–Crippen LogP) is 1.93. The maximum Gasteiger partial charge on any atom is 0.191 e. The van der Waals surface area contributed by atoms with Crippen LogP contribution in [0.2, 0.25) is 0 Å². The van der Waals surface area contributed by atoms with Gasteiger partial charge in [-0.15, -0.1) is 0 Å². The second-order valence-electron chi connectivity index (χ2n) is 2.54. The Hall–Kier alpha value is -1.45. The van der Waals surface area contributed by atoms with Crippen LogP contribution in [0.25, 0.3) is 0 Å². The standard InChI is InChI=1S/C9H8F2O2/c1-6(12)5-13-9-7(10)3-2-4-8(9)11/h2-4H,5H2,1H3. The molecule has 1 aromatic rings. The average Bonchev–Trinajstić information content (AvgIpc) is 2.03. The summed E-state index contributed by atoms with van der Waals surface area (Å²) in [5.41, 5.74) is 0. The van der Waals surface area contributed by atoms with E-state index in [1.165, 1.54) is 13.0 Å². The SMILES string of the molecule is CC(=O)COc1c(F)cccc1F. The molecular weight excluding hydrogens is 178 g/mol. The van der Waals surface area contributed by atoms with E-state index in [2.05, 4.69) is 4.74 Å². The molecule has 4 heteroatoms. The van der Waals surface area contributed by atoms with Crippen molar-refractivity contribution in [1.29, 1.82) is 0 Å². The van der Waals surface area contributed by atoms with Gasteiger partial charge in [0, 0.05) is 0 Å². The molecule has 0 spiro atoms. The van der Waals surface area contributed by atoms with Crippen molar-refractivity contribution in [2.45, 2.75) is 6.92 Å². The van der Waals surface area contributed by atoms with E-state index in [0.717, 1.165) is 12.1 Å². The summed E-state index contributed by atoms with van der Waals surface area (Å²) in [6.45, 7) is 0.955. The van der Waals surface area contributed by atoms with Crippen LogP contribution < -0.4 is 4.74 Å². The zero-order valence-electron chi connectivity index (χ0n) is 7.01. The minimum Gasteiger partial charge on any atom is -0.480 e. The molecule has 0 amide bonds. The molecule has 0 saturated heterocycles. The number of ether oxygens (including phenoxy) is 1. The monoisotopic (exact) mass is 186 g/mol. The molecule has 2 nitrogen and oxygen atoms in total. The van der Waals surface area contributed by atoms with Crippen molar-refractivity contribution >= 4 is 5.78 Å². The third-order valence-electron chi connectivity index (χ3n) is 1.34. The third kappa shape index (κ3) is 2.50. The van der Waals surface area contributed by atoms with Crippen molar-refractivity contribution in [1.82, 2.24) is 0 Å². The van der Waals surface area contributed by atoms with Crippen LogP contribution in [0.4, 0.5) is 8.78 Å². The van der Waals surface area contributed by atoms with Crippen molar-refractivity contribution in [3.63, 3.8) is 0 Å². The Balaban J connectivity index is 2.81. The lowest BCUT2D eigenvalue weighted by Crippen LogP contribution is -2.08. The molecule has 0 fully saturated rings. The van der Waals surface area contributed by atoms with E-state index in [9.17, 15) is 13.6 Å². The summed E-state index contributed by atoms with van der Waals surface area (Å²) >= 11 is 0. The lowest BCUT2D eigenvalue weighted by molar-refractivity contribution is -0.119. The number of para-hydroxylation sites is 1. The van der Waals surface area contributed by atoms with Gasteiger partial charge in [0.05, 0.1) is 0 Å². The number of Topliss-reactive ketones (excluding diaryl/α,β-unsaturated/α-hetero) is 1. The van der Waals surface area contributed by atoms with Crippen LogP contribution in [0.3, 0.4) is 0 Å². The van der Waals surface area contributed by atoms with Gasteiger partial charge in [0.15, 0.2) is 23.2 Å². The van der Waals surface area contributed by atoms with Gasteiger partial charge in [-0.05, 0) is 19.1 Å². The fraction of sp³-hybridized carbons (Fsp3) is 0.222. The predicted molar refractivity (Wildman–Crippen MR) is 42.5 cm³/mol. The highest BCUT2D eigenvalue weighted by atomic mass is 19.1. The first kappa shape index (κ1) is 9.64. The molecular formula is C9H8F2O2. The molecule has 0 radical (unpaired) electrons. The smallest absolute Gasteiger partial charge is 0.191 e. The van der Waals surface area contributed by atoms with Gasteiger partial charge in [0.1, 0.15) is 6.61 Å². The quantitative estimate of drug-likeness (QED) is 0.721. The Morgan fingerprint density at radius 1 is 1.38 bits per heavy atom. The minimum absolute atomic E-state index is 0.289. The van der Waals surface area contributed by atoms with E-state index in [1.807, 2.05) is 0 Å². The molecule has 0 heterocycles. The number of hydrogen-bond donors (Lipinski definition) is 0. The molecule has 0 saturated carbocycles. The van der Waals surface area contributed by atoms with Gasteiger partial charge in [-0.1, -0.05) is 6.07 Å². The van der Waals surface area contributed by atoms with Crippen LogP contribution in [-0.2, 0) is 4.79 Å². The first-order chi connectivity index (χ1) is 6.11. The lowest BCUT2D eigenvalue weighted by Gasteiger charge is -2.05. The second kappa shape index (κ2) is 3.98. The number of benzene rings is 1. The highest BCUT2D eigenvalue weighted by Gasteiger charge is 2.09. The highest BCUT2D eigenvalue weighted by Crippen LogP contribution is 2.20. The Bertz CT molecular complexity index is 303. The number of halogens is 2. The first-order valence-corrected chi connectivity index (χ1v) is 3.67. The van der Waals surface area contributed by atoms with E-state index in [0.29, 0.717) is 0 Å². The summed E-state index contributed by atoms with van der Waals surface area (Å²) in [7, 11) is 0. The second-order valence-corrected chi connectivity index (χ2v) is 2.54. The summed E-state index contributed by atoms with van der Waals surface area (Å²) in [4.78, 5) is 10.5. The molecule has 13 heavy (non-hydrogen) atoms. The van der Waals surface area contributed by atoms with Gasteiger partial charge < -0.3 is 4.74 Å². The van der Waals surface area contributed by atoms with Gasteiger partial charge in [0.25, 0.3) is 0 Å². The molecule has 0 aromatic heterocycles. The number of carbonyl (C=O) groups is 1. The van der Waals surface area contributed by atoms with E-state index < -0.39 is 17.4 Å². The van der Waals surface area contributed by atoms with Gasteiger partial charge in [0.2, 0.25) is 0 Å². The zero-order valence-corrected chi connectivity index (χ0v) is 7.01. The van der Waals surface area contributed by atoms with Crippen LogP contribution in [0, 0.1) is 11.6 Å². The molecule has 0 aliphatic heterocycles. The van der Waals surface area contributed by atoms with E-state index in [-0.39, 0.29) is 12.4 Å². The summed E-state index contributed by atoms with van der Waals surface area (Å²) in [6, 6.07) is 3.36. The Morgan fingerprint density at radius 3 is 2.38 bits per heavy atom. The van der Waals surface area contributed by atoms with Crippen LogP contribution >= 0.6 is 0 Å². The average molecular weight is 186 g/mol. The molecule has 1 aromatic carbocycles. The summed E-state index contributed by atoms with van der Waals surface area (Å²) < 4.78 is 30.3. The summed E-state index contributed by atoms with van der Waals surface area (Å²) in [6.07, 6.45) is 0. The van der Waals surface area contributed by atoms with E-state index >= 15 is 0 Å². The number of rotatable bonds is 3. The topological polar surface area (TPSA) is 26.3 Å². The summed E-state index contributed by atoms with van der Waals surface area (Å²) in [5, 5.41) is 0. The molecule has 0 bridgehead atoms. The minimum atomic E-state index is -0.804. The fourth-order valence-corrected chi connectivity index (χ4v) is 0.794. The van der Waals surface area contributed by atoms with E-state index in [4.69, 9.17) is 0 Å². The van der Waals surface area contributed by atoms with Crippen molar-refractivity contribution < 1.29 is 18.3 Å².